The highest BCUT2D eigenvalue weighted by molar-refractivity contribution is 5.67. The standard InChI is InChI=1S/C10H17NO2/c1-3-8(2)11-5-4-9(7-11)6-10(12)13/h3,8-9H,1,4-7H2,2H3,(H,12,13). The summed E-state index contributed by atoms with van der Waals surface area (Å²) in [6, 6.07) is 0.374. The molecular formula is C10H17NO2. The normalized spacial score (nSPS) is 25.8. The van der Waals surface area contributed by atoms with E-state index in [-0.39, 0.29) is 0 Å². The van der Waals surface area contributed by atoms with Gasteiger partial charge in [-0.25, -0.2) is 0 Å². The molecule has 0 aromatic carbocycles. The number of nitrogens with zero attached hydrogens (tertiary/aromatic N) is 1. The van der Waals surface area contributed by atoms with Gasteiger partial charge in [0.1, 0.15) is 0 Å². The highest BCUT2D eigenvalue weighted by Crippen LogP contribution is 2.21. The lowest BCUT2D eigenvalue weighted by Crippen LogP contribution is -2.29. The first-order valence-corrected chi connectivity index (χ1v) is 4.72. The van der Waals surface area contributed by atoms with E-state index in [1.54, 1.807) is 0 Å². The number of carbonyl (C=O) groups is 1. The van der Waals surface area contributed by atoms with Crippen molar-refractivity contribution in [2.75, 3.05) is 13.1 Å². The highest BCUT2D eigenvalue weighted by atomic mass is 16.4. The summed E-state index contributed by atoms with van der Waals surface area (Å²) in [5, 5.41) is 8.62. The van der Waals surface area contributed by atoms with Gasteiger partial charge in [0, 0.05) is 19.0 Å². The maximum Gasteiger partial charge on any atom is 0.303 e. The van der Waals surface area contributed by atoms with Gasteiger partial charge in [0.25, 0.3) is 0 Å². The van der Waals surface area contributed by atoms with E-state index in [1.807, 2.05) is 6.08 Å². The highest BCUT2D eigenvalue weighted by Gasteiger charge is 2.26. The second-order valence-electron chi connectivity index (χ2n) is 3.72. The number of hydrogen-bond acceptors (Lipinski definition) is 2. The third-order valence-electron chi connectivity index (χ3n) is 2.70. The van der Waals surface area contributed by atoms with Crippen molar-refractivity contribution < 1.29 is 9.90 Å². The molecule has 1 saturated heterocycles. The molecular weight excluding hydrogens is 166 g/mol. The molecule has 1 fully saturated rings. The summed E-state index contributed by atoms with van der Waals surface area (Å²) in [4.78, 5) is 12.7. The lowest BCUT2D eigenvalue weighted by Gasteiger charge is -2.20. The van der Waals surface area contributed by atoms with Crippen LogP contribution in [-0.2, 0) is 4.79 Å². The average Bonchev–Trinajstić information content (AvgIpc) is 2.50. The number of aliphatic carboxylic acids is 1. The summed E-state index contributed by atoms with van der Waals surface area (Å²) in [5.74, 6) is -0.349. The minimum absolute atomic E-state index is 0.306. The molecule has 3 heteroatoms. The summed E-state index contributed by atoms with van der Waals surface area (Å²) >= 11 is 0. The van der Waals surface area contributed by atoms with Crippen LogP contribution >= 0.6 is 0 Å². The van der Waals surface area contributed by atoms with Crippen LogP contribution < -0.4 is 0 Å². The molecule has 0 saturated carbocycles. The summed E-state index contributed by atoms with van der Waals surface area (Å²) in [7, 11) is 0. The topological polar surface area (TPSA) is 40.5 Å². The van der Waals surface area contributed by atoms with Crippen LogP contribution in [0.3, 0.4) is 0 Å². The molecule has 0 radical (unpaired) electrons. The van der Waals surface area contributed by atoms with Crippen molar-refractivity contribution in [1.29, 1.82) is 0 Å². The maximum atomic E-state index is 10.5. The first-order chi connectivity index (χ1) is 6.13. The van der Waals surface area contributed by atoms with Crippen molar-refractivity contribution in [2.24, 2.45) is 5.92 Å². The van der Waals surface area contributed by atoms with Crippen molar-refractivity contribution in [1.82, 2.24) is 4.90 Å². The van der Waals surface area contributed by atoms with Gasteiger partial charge in [-0.05, 0) is 25.8 Å². The molecule has 3 nitrogen and oxygen atoms in total. The van der Waals surface area contributed by atoms with Gasteiger partial charge in [-0.15, -0.1) is 6.58 Å². The predicted molar refractivity (Wildman–Crippen MR) is 51.6 cm³/mol. The largest absolute Gasteiger partial charge is 0.481 e. The van der Waals surface area contributed by atoms with Crippen LogP contribution in [0.5, 0.6) is 0 Å². The molecule has 0 spiro atoms. The minimum Gasteiger partial charge on any atom is -0.481 e. The van der Waals surface area contributed by atoms with Crippen LogP contribution in [-0.4, -0.2) is 35.1 Å². The number of likely N-dealkylation sites (tertiary alicyclic amines) is 1. The first-order valence-electron chi connectivity index (χ1n) is 4.72. The zero-order chi connectivity index (χ0) is 9.84. The fourth-order valence-corrected chi connectivity index (χ4v) is 1.80. The molecule has 1 heterocycles. The van der Waals surface area contributed by atoms with Gasteiger partial charge in [-0.3, -0.25) is 9.69 Å². The van der Waals surface area contributed by atoms with E-state index in [0.717, 1.165) is 19.5 Å². The molecule has 0 amide bonds. The lowest BCUT2D eigenvalue weighted by atomic mass is 10.1. The van der Waals surface area contributed by atoms with Gasteiger partial charge in [0.05, 0.1) is 0 Å². The SMILES string of the molecule is C=CC(C)N1CCC(CC(=O)O)C1. The van der Waals surface area contributed by atoms with E-state index >= 15 is 0 Å². The van der Waals surface area contributed by atoms with Crippen LogP contribution in [0.25, 0.3) is 0 Å². The van der Waals surface area contributed by atoms with E-state index in [9.17, 15) is 4.79 Å². The Morgan fingerprint density at radius 1 is 1.85 bits per heavy atom. The molecule has 1 N–H and O–H groups in total. The number of carboxylic acid groups (broad SMARTS) is 1. The predicted octanol–water partition coefficient (Wildman–Crippen LogP) is 1.36. The van der Waals surface area contributed by atoms with E-state index in [0.29, 0.717) is 18.4 Å². The third-order valence-corrected chi connectivity index (χ3v) is 2.70. The Morgan fingerprint density at radius 2 is 2.54 bits per heavy atom. The lowest BCUT2D eigenvalue weighted by molar-refractivity contribution is -0.138. The van der Waals surface area contributed by atoms with Crippen LogP contribution in [0.2, 0.25) is 0 Å². The minimum atomic E-state index is -0.682. The molecule has 0 aliphatic carbocycles. The van der Waals surface area contributed by atoms with Gasteiger partial charge >= 0.3 is 5.97 Å². The van der Waals surface area contributed by atoms with Gasteiger partial charge in [0.15, 0.2) is 0 Å². The smallest absolute Gasteiger partial charge is 0.303 e. The van der Waals surface area contributed by atoms with E-state index in [1.165, 1.54) is 0 Å². The van der Waals surface area contributed by atoms with Crippen molar-refractivity contribution in [2.45, 2.75) is 25.8 Å². The molecule has 1 aliphatic heterocycles. The second kappa shape index (κ2) is 4.42. The van der Waals surface area contributed by atoms with Crippen LogP contribution in [0.4, 0.5) is 0 Å². The summed E-state index contributed by atoms with van der Waals surface area (Å²) < 4.78 is 0. The molecule has 0 bridgehead atoms. The van der Waals surface area contributed by atoms with Crippen molar-refractivity contribution >= 4 is 5.97 Å². The Balaban J connectivity index is 2.35. The number of hydrogen-bond donors (Lipinski definition) is 1. The maximum absolute atomic E-state index is 10.5. The van der Waals surface area contributed by atoms with Crippen LogP contribution in [0, 0.1) is 5.92 Å². The van der Waals surface area contributed by atoms with E-state index < -0.39 is 5.97 Å². The average molecular weight is 183 g/mol. The molecule has 13 heavy (non-hydrogen) atoms. The molecule has 0 aromatic heterocycles. The Kier molecular flexibility index (Phi) is 3.48. The molecule has 74 valence electrons. The van der Waals surface area contributed by atoms with Gasteiger partial charge in [-0.2, -0.15) is 0 Å². The Labute approximate surface area is 79.0 Å². The van der Waals surface area contributed by atoms with Crippen LogP contribution in [0.15, 0.2) is 12.7 Å². The monoisotopic (exact) mass is 183 g/mol. The summed E-state index contributed by atoms with van der Waals surface area (Å²) in [6.45, 7) is 7.73. The fourth-order valence-electron chi connectivity index (χ4n) is 1.80. The number of carboxylic acids is 1. The summed E-state index contributed by atoms with van der Waals surface area (Å²) in [5.41, 5.74) is 0. The first kappa shape index (κ1) is 10.3. The van der Waals surface area contributed by atoms with E-state index in [4.69, 9.17) is 5.11 Å². The van der Waals surface area contributed by atoms with Crippen molar-refractivity contribution in [3.05, 3.63) is 12.7 Å². The Hall–Kier alpha value is -0.830. The molecule has 2 atom stereocenters. The zero-order valence-electron chi connectivity index (χ0n) is 8.07. The van der Waals surface area contributed by atoms with Gasteiger partial charge < -0.3 is 5.11 Å². The van der Waals surface area contributed by atoms with Gasteiger partial charge in [0.2, 0.25) is 0 Å². The molecule has 2 unspecified atom stereocenters. The zero-order valence-corrected chi connectivity index (χ0v) is 8.07. The van der Waals surface area contributed by atoms with Crippen molar-refractivity contribution in [3.63, 3.8) is 0 Å². The van der Waals surface area contributed by atoms with Crippen molar-refractivity contribution in [3.8, 4) is 0 Å². The molecule has 1 rings (SSSR count). The quantitative estimate of drug-likeness (QED) is 0.669. The summed E-state index contributed by atoms with van der Waals surface area (Å²) in [6.07, 6.45) is 3.22. The number of rotatable bonds is 4. The fraction of sp³-hybridized carbons (Fsp3) is 0.700. The van der Waals surface area contributed by atoms with E-state index in [2.05, 4.69) is 18.4 Å². The molecule has 1 aliphatic rings. The molecule has 0 aromatic rings. The van der Waals surface area contributed by atoms with Crippen LogP contribution in [0.1, 0.15) is 19.8 Å². The van der Waals surface area contributed by atoms with Gasteiger partial charge in [-0.1, -0.05) is 6.08 Å². The third kappa shape index (κ3) is 2.84. The second-order valence-corrected chi connectivity index (χ2v) is 3.72. The Bertz CT molecular complexity index is 203. The Morgan fingerprint density at radius 3 is 3.08 bits per heavy atom.